The lowest BCUT2D eigenvalue weighted by molar-refractivity contribution is 0.0936. The molecule has 0 aromatic heterocycles. The van der Waals surface area contributed by atoms with Crippen molar-refractivity contribution in [2.24, 2.45) is 0 Å². The van der Waals surface area contributed by atoms with Gasteiger partial charge in [0.25, 0.3) is 5.91 Å². The van der Waals surface area contributed by atoms with Crippen molar-refractivity contribution in [1.82, 2.24) is 5.32 Å². The van der Waals surface area contributed by atoms with Crippen LogP contribution in [0.25, 0.3) is 0 Å². The summed E-state index contributed by atoms with van der Waals surface area (Å²) in [4.78, 5) is 12.1. The third kappa shape index (κ3) is 2.99. The van der Waals surface area contributed by atoms with Gasteiger partial charge in [-0.2, -0.15) is 0 Å². The minimum absolute atomic E-state index is 0.000674. The van der Waals surface area contributed by atoms with Crippen LogP contribution >= 0.6 is 15.9 Å². The Morgan fingerprint density at radius 2 is 1.95 bits per heavy atom. The number of para-hydroxylation sites is 1. The maximum absolute atomic E-state index is 13.9. The van der Waals surface area contributed by atoms with Crippen LogP contribution in [-0.4, -0.2) is 5.91 Å². The molecule has 0 aliphatic carbocycles. The monoisotopic (exact) mass is 336 g/mol. The quantitative estimate of drug-likeness (QED) is 0.840. The molecule has 1 atom stereocenters. The number of nitrogen functional groups attached to an aromatic ring is 1. The average Bonchev–Trinajstić information content (AvgIpc) is 2.42. The van der Waals surface area contributed by atoms with Crippen molar-refractivity contribution < 1.29 is 9.18 Å². The van der Waals surface area contributed by atoms with E-state index in [0.29, 0.717) is 5.69 Å². The highest BCUT2D eigenvalue weighted by Gasteiger charge is 2.17. The molecule has 1 unspecified atom stereocenters. The van der Waals surface area contributed by atoms with Crippen LogP contribution in [0.5, 0.6) is 0 Å². The van der Waals surface area contributed by atoms with Gasteiger partial charge in [0.1, 0.15) is 5.82 Å². The van der Waals surface area contributed by atoms with Gasteiger partial charge < -0.3 is 11.1 Å². The Labute approximate surface area is 125 Å². The summed E-state index contributed by atoms with van der Waals surface area (Å²) in [6, 6.07) is 11.6. The van der Waals surface area contributed by atoms with E-state index in [9.17, 15) is 9.18 Å². The SMILES string of the molecule is CC(NC(=O)c1cccc(Br)c1F)c1ccccc1N. The van der Waals surface area contributed by atoms with Gasteiger partial charge >= 0.3 is 0 Å². The van der Waals surface area contributed by atoms with Crippen molar-refractivity contribution in [2.45, 2.75) is 13.0 Å². The predicted octanol–water partition coefficient (Wildman–Crippen LogP) is 3.66. The number of carbonyl (C=O) groups excluding carboxylic acids is 1. The van der Waals surface area contributed by atoms with Gasteiger partial charge in [0.05, 0.1) is 16.1 Å². The molecule has 2 aromatic rings. The minimum atomic E-state index is -0.571. The second kappa shape index (κ2) is 6.05. The molecular weight excluding hydrogens is 323 g/mol. The number of hydrogen-bond donors (Lipinski definition) is 2. The van der Waals surface area contributed by atoms with Crippen LogP contribution in [0.3, 0.4) is 0 Å². The standard InChI is InChI=1S/C15H14BrFN2O/c1-9(10-5-2-3-8-13(10)18)19-15(20)11-6-4-7-12(16)14(11)17/h2-9H,18H2,1H3,(H,19,20). The molecule has 0 radical (unpaired) electrons. The number of carbonyl (C=O) groups is 1. The van der Waals surface area contributed by atoms with Crippen LogP contribution in [0.15, 0.2) is 46.9 Å². The van der Waals surface area contributed by atoms with E-state index in [1.165, 1.54) is 6.07 Å². The molecule has 104 valence electrons. The fraction of sp³-hybridized carbons (Fsp3) is 0.133. The molecule has 0 saturated heterocycles. The largest absolute Gasteiger partial charge is 0.398 e. The van der Waals surface area contributed by atoms with Crippen LogP contribution in [-0.2, 0) is 0 Å². The molecule has 0 aliphatic rings. The molecule has 0 bridgehead atoms. The van der Waals surface area contributed by atoms with E-state index in [2.05, 4.69) is 21.2 Å². The number of nitrogens with two attached hydrogens (primary N) is 1. The maximum Gasteiger partial charge on any atom is 0.254 e. The summed E-state index contributed by atoms with van der Waals surface area (Å²) in [5.41, 5.74) is 7.25. The molecular formula is C15H14BrFN2O. The van der Waals surface area contributed by atoms with Crippen molar-refractivity contribution in [1.29, 1.82) is 0 Å². The first-order chi connectivity index (χ1) is 9.50. The van der Waals surface area contributed by atoms with Crippen LogP contribution in [0.4, 0.5) is 10.1 Å². The third-order valence-corrected chi connectivity index (χ3v) is 3.62. The normalized spacial score (nSPS) is 11.9. The van der Waals surface area contributed by atoms with E-state index in [4.69, 9.17) is 5.73 Å². The van der Waals surface area contributed by atoms with Gasteiger partial charge in [0, 0.05) is 5.69 Å². The smallest absolute Gasteiger partial charge is 0.254 e. The van der Waals surface area contributed by atoms with Crippen molar-refractivity contribution in [2.75, 3.05) is 5.73 Å². The highest BCUT2D eigenvalue weighted by atomic mass is 79.9. The first kappa shape index (κ1) is 14.5. The van der Waals surface area contributed by atoms with Gasteiger partial charge in [-0.25, -0.2) is 4.39 Å². The lowest BCUT2D eigenvalue weighted by Crippen LogP contribution is -2.28. The zero-order chi connectivity index (χ0) is 14.7. The van der Waals surface area contributed by atoms with Gasteiger partial charge in [-0.3, -0.25) is 4.79 Å². The van der Waals surface area contributed by atoms with Crippen molar-refractivity contribution in [3.8, 4) is 0 Å². The first-order valence-electron chi connectivity index (χ1n) is 6.10. The Balaban J connectivity index is 2.20. The van der Waals surface area contributed by atoms with Crippen molar-refractivity contribution in [3.63, 3.8) is 0 Å². The minimum Gasteiger partial charge on any atom is -0.398 e. The van der Waals surface area contributed by atoms with E-state index in [0.717, 1.165) is 5.56 Å². The second-order valence-electron chi connectivity index (χ2n) is 4.43. The number of amides is 1. The highest BCUT2D eigenvalue weighted by Crippen LogP contribution is 2.22. The molecule has 0 saturated carbocycles. The number of nitrogens with one attached hydrogen (secondary N) is 1. The molecule has 2 aromatic carbocycles. The summed E-state index contributed by atoms with van der Waals surface area (Å²) in [7, 11) is 0. The van der Waals surface area contributed by atoms with Gasteiger partial charge in [-0.15, -0.1) is 0 Å². The summed E-state index contributed by atoms with van der Waals surface area (Å²) in [5, 5.41) is 2.74. The Bertz CT molecular complexity index is 646. The van der Waals surface area contributed by atoms with Gasteiger partial charge in [-0.1, -0.05) is 24.3 Å². The van der Waals surface area contributed by atoms with Gasteiger partial charge in [-0.05, 0) is 46.6 Å². The second-order valence-corrected chi connectivity index (χ2v) is 5.28. The topological polar surface area (TPSA) is 55.1 Å². The molecule has 0 heterocycles. The highest BCUT2D eigenvalue weighted by molar-refractivity contribution is 9.10. The first-order valence-corrected chi connectivity index (χ1v) is 6.89. The summed E-state index contributed by atoms with van der Waals surface area (Å²) >= 11 is 3.06. The summed E-state index contributed by atoms with van der Waals surface area (Å²) in [6.45, 7) is 1.81. The zero-order valence-corrected chi connectivity index (χ0v) is 12.4. The molecule has 3 nitrogen and oxygen atoms in total. The fourth-order valence-corrected chi connectivity index (χ4v) is 2.30. The zero-order valence-electron chi connectivity index (χ0n) is 10.9. The number of anilines is 1. The molecule has 0 fully saturated rings. The number of hydrogen-bond acceptors (Lipinski definition) is 2. The Kier molecular flexibility index (Phi) is 4.39. The third-order valence-electron chi connectivity index (χ3n) is 3.01. The summed E-state index contributed by atoms with van der Waals surface area (Å²) in [5.74, 6) is -1.04. The molecule has 0 spiro atoms. The lowest BCUT2D eigenvalue weighted by Gasteiger charge is -2.16. The molecule has 2 rings (SSSR count). The average molecular weight is 337 g/mol. The lowest BCUT2D eigenvalue weighted by atomic mass is 10.1. The van der Waals surface area contributed by atoms with Gasteiger partial charge in [0.15, 0.2) is 0 Å². The maximum atomic E-state index is 13.9. The predicted molar refractivity (Wildman–Crippen MR) is 80.8 cm³/mol. The molecule has 5 heteroatoms. The number of halogens is 2. The van der Waals surface area contributed by atoms with Crippen molar-refractivity contribution >= 4 is 27.5 Å². The molecule has 20 heavy (non-hydrogen) atoms. The van der Waals surface area contributed by atoms with Crippen LogP contribution in [0.2, 0.25) is 0 Å². The fourth-order valence-electron chi connectivity index (χ4n) is 1.94. The van der Waals surface area contributed by atoms with E-state index >= 15 is 0 Å². The molecule has 1 amide bonds. The van der Waals surface area contributed by atoms with Gasteiger partial charge in [0.2, 0.25) is 0 Å². The Hall–Kier alpha value is -1.88. The number of rotatable bonds is 3. The van der Waals surface area contributed by atoms with Crippen LogP contribution in [0, 0.1) is 5.82 Å². The van der Waals surface area contributed by atoms with E-state index in [1.807, 2.05) is 18.2 Å². The Morgan fingerprint density at radius 3 is 2.65 bits per heavy atom. The molecule has 3 N–H and O–H groups in total. The summed E-state index contributed by atoms with van der Waals surface area (Å²) < 4.78 is 14.1. The van der Waals surface area contributed by atoms with E-state index < -0.39 is 11.7 Å². The van der Waals surface area contributed by atoms with Crippen LogP contribution in [0.1, 0.15) is 28.9 Å². The van der Waals surface area contributed by atoms with Crippen molar-refractivity contribution in [3.05, 3.63) is 63.9 Å². The van der Waals surface area contributed by atoms with Crippen LogP contribution < -0.4 is 11.1 Å². The molecule has 0 aliphatic heterocycles. The Morgan fingerprint density at radius 1 is 1.25 bits per heavy atom. The van der Waals surface area contributed by atoms with E-state index in [1.54, 1.807) is 25.1 Å². The van der Waals surface area contributed by atoms with E-state index in [-0.39, 0.29) is 16.1 Å². The number of benzene rings is 2. The summed E-state index contributed by atoms with van der Waals surface area (Å²) in [6.07, 6.45) is 0.